The van der Waals surface area contributed by atoms with Crippen LogP contribution in [0, 0.1) is 5.92 Å². The summed E-state index contributed by atoms with van der Waals surface area (Å²) in [4.78, 5) is 57.3. The largest absolute Gasteiger partial charge is 0.490 e. The number of rotatable bonds is 3. The monoisotopic (exact) mass is 733 g/mol. The first kappa shape index (κ1) is 39.2. The molecule has 20 heteroatoms. The minimum absolute atomic E-state index is 0.00694. The Bertz CT molecular complexity index is 1680. The summed E-state index contributed by atoms with van der Waals surface area (Å²) in [7, 11) is 0. The van der Waals surface area contributed by atoms with Crippen molar-refractivity contribution < 1.29 is 55.7 Å². The van der Waals surface area contributed by atoms with E-state index in [4.69, 9.17) is 31.4 Å². The number of piperidine rings is 1. The molecule has 0 radical (unpaired) electrons. The molecule has 1 saturated heterocycles. The smallest absolute Gasteiger partial charge is 0.475 e. The van der Waals surface area contributed by atoms with Gasteiger partial charge in [0.2, 0.25) is 17.8 Å². The van der Waals surface area contributed by atoms with Crippen LogP contribution in [-0.4, -0.2) is 79.3 Å². The zero-order valence-electron chi connectivity index (χ0n) is 26.0. The fraction of sp³-hybridized carbons (Fsp3) is 0.367. The van der Waals surface area contributed by atoms with E-state index in [1.807, 2.05) is 35.4 Å². The van der Waals surface area contributed by atoms with Gasteiger partial charge in [0.05, 0.1) is 18.1 Å². The summed E-state index contributed by atoms with van der Waals surface area (Å²) in [6.07, 6.45) is -1.45. The van der Waals surface area contributed by atoms with Crippen molar-refractivity contribution >= 4 is 64.2 Å². The minimum atomic E-state index is -5.08. The molecule has 4 heterocycles. The molecule has 1 aromatic carbocycles. The van der Waals surface area contributed by atoms with Crippen LogP contribution in [0.4, 0.5) is 55.2 Å². The first-order valence-electron chi connectivity index (χ1n) is 14.6. The number of amides is 2. The third kappa shape index (κ3) is 12.4. The quantitative estimate of drug-likeness (QED) is 0.200. The first-order chi connectivity index (χ1) is 23.3. The van der Waals surface area contributed by atoms with Crippen LogP contribution in [0.5, 0.6) is 0 Å². The number of carbonyl (C=O) groups is 4. The third-order valence-corrected chi connectivity index (χ3v) is 7.42. The standard InChI is InChI=1S/C26H28ClN7O2.2C2HF3O2/c1-16(35)34-8-6-17(7-9-34)11-24(36)32-23-5-4-20-12-19(23)3-2-18-10-21(14-28-13-18)31-26-29-15-22(27)25(30-20)33-26;2*3-2(4,5)1(6)7/h4-5,10,12-15,17H,2-3,6-9,11H2,1H3,(H,32,36)(H2,29,30,31,33);2*(H,6,7). The molecule has 0 spiro atoms. The zero-order valence-corrected chi connectivity index (χ0v) is 26.8. The molecule has 2 aromatic heterocycles. The number of nitrogens with zero attached hydrogens (tertiary/aromatic N) is 4. The summed E-state index contributed by atoms with van der Waals surface area (Å²) in [6.45, 7) is 3.03. The Hall–Kier alpha value is -5.20. The molecular weight excluding hydrogens is 704 g/mol. The number of aliphatic carboxylic acids is 2. The van der Waals surface area contributed by atoms with Gasteiger partial charge in [-0.15, -0.1) is 0 Å². The van der Waals surface area contributed by atoms with Gasteiger partial charge in [-0.1, -0.05) is 11.6 Å². The molecule has 3 aromatic rings. The highest BCUT2D eigenvalue weighted by atomic mass is 35.5. The van der Waals surface area contributed by atoms with Crippen LogP contribution >= 0.6 is 11.6 Å². The van der Waals surface area contributed by atoms with Crippen molar-refractivity contribution in [2.45, 2.75) is 51.4 Å². The fourth-order valence-corrected chi connectivity index (χ4v) is 4.81. The van der Waals surface area contributed by atoms with Crippen LogP contribution in [0.1, 0.15) is 37.3 Å². The van der Waals surface area contributed by atoms with E-state index >= 15 is 0 Å². The predicted octanol–water partition coefficient (Wildman–Crippen LogP) is 5.96. The number of carboxylic acid groups (broad SMARTS) is 2. The van der Waals surface area contributed by atoms with E-state index in [0.717, 1.165) is 47.5 Å². The molecule has 50 heavy (non-hydrogen) atoms. The van der Waals surface area contributed by atoms with E-state index in [9.17, 15) is 35.9 Å². The minimum Gasteiger partial charge on any atom is -0.475 e. The number of pyridine rings is 1. The molecule has 0 unspecified atom stereocenters. The summed E-state index contributed by atoms with van der Waals surface area (Å²) in [6, 6.07) is 7.85. The van der Waals surface area contributed by atoms with Gasteiger partial charge in [0.15, 0.2) is 5.82 Å². The maximum Gasteiger partial charge on any atom is 0.490 e. The molecule has 1 fully saturated rings. The van der Waals surface area contributed by atoms with Crippen LogP contribution in [-0.2, 0) is 32.0 Å². The van der Waals surface area contributed by atoms with Crippen molar-refractivity contribution in [1.29, 1.82) is 0 Å². The second-order valence-corrected chi connectivity index (χ2v) is 11.3. The van der Waals surface area contributed by atoms with Crippen molar-refractivity contribution in [2.24, 2.45) is 5.92 Å². The van der Waals surface area contributed by atoms with Gasteiger partial charge < -0.3 is 31.1 Å². The van der Waals surface area contributed by atoms with Crippen molar-refractivity contribution in [1.82, 2.24) is 19.9 Å². The lowest BCUT2D eigenvalue weighted by Gasteiger charge is -2.31. The molecule has 0 aliphatic carbocycles. The molecule has 2 aliphatic heterocycles. The Balaban J connectivity index is 0.000000408. The fourth-order valence-electron chi connectivity index (χ4n) is 4.67. The van der Waals surface area contributed by atoms with Crippen LogP contribution < -0.4 is 16.0 Å². The Kier molecular flexibility index (Phi) is 13.3. The average Bonchev–Trinajstić information content (AvgIpc) is 3.03. The number of anilines is 5. The number of alkyl halides is 6. The lowest BCUT2D eigenvalue weighted by molar-refractivity contribution is -0.193. The highest BCUT2D eigenvalue weighted by Gasteiger charge is 2.39. The summed E-state index contributed by atoms with van der Waals surface area (Å²) in [5.74, 6) is -4.24. The Morgan fingerprint density at radius 3 is 2.12 bits per heavy atom. The number of aromatic nitrogens is 3. The number of halogens is 7. The molecule has 2 amide bonds. The Morgan fingerprint density at radius 2 is 1.54 bits per heavy atom. The van der Waals surface area contributed by atoms with Gasteiger partial charge in [0, 0.05) is 44.0 Å². The molecular formula is C30H30ClF6N7O6. The normalized spacial score (nSPS) is 14.3. The van der Waals surface area contributed by atoms with Gasteiger partial charge in [0.1, 0.15) is 5.02 Å². The van der Waals surface area contributed by atoms with Crippen molar-refractivity contribution in [2.75, 3.05) is 29.0 Å². The maximum atomic E-state index is 12.9. The number of likely N-dealkylation sites (tertiary alicyclic amines) is 1. The second kappa shape index (κ2) is 17.0. The van der Waals surface area contributed by atoms with Gasteiger partial charge in [-0.25, -0.2) is 14.6 Å². The van der Waals surface area contributed by atoms with Gasteiger partial charge in [-0.3, -0.25) is 14.6 Å². The van der Waals surface area contributed by atoms with Crippen LogP contribution in [0.2, 0.25) is 5.02 Å². The number of nitrogens with one attached hydrogen (secondary N) is 3. The molecule has 0 atom stereocenters. The number of benzene rings is 1. The van der Waals surface area contributed by atoms with Crippen molar-refractivity contribution in [3.8, 4) is 0 Å². The second-order valence-electron chi connectivity index (χ2n) is 10.9. The van der Waals surface area contributed by atoms with Crippen LogP contribution in [0.3, 0.4) is 0 Å². The van der Waals surface area contributed by atoms with Gasteiger partial charge in [0.25, 0.3) is 0 Å². The molecule has 5 N–H and O–H groups in total. The molecule has 270 valence electrons. The highest BCUT2D eigenvalue weighted by Crippen LogP contribution is 2.30. The molecule has 2 aliphatic rings. The zero-order chi connectivity index (χ0) is 37.2. The number of fused-ring (bicyclic) bond motifs is 6. The summed E-state index contributed by atoms with van der Waals surface area (Å²) < 4.78 is 63.5. The van der Waals surface area contributed by atoms with Gasteiger partial charge in [-0.2, -0.15) is 31.3 Å². The first-order valence-corrected chi connectivity index (χ1v) is 15.0. The van der Waals surface area contributed by atoms with Crippen molar-refractivity contribution in [3.63, 3.8) is 0 Å². The van der Waals surface area contributed by atoms with E-state index in [2.05, 4.69) is 30.9 Å². The Labute approximate surface area is 285 Å². The van der Waals surface area contributed by atoms with Crippen molar-refractivity contribution in [3.05, 3.63) is 59.0 Å². The molecule has 5 rings (SSSR count). The summed E-state index contributed by atoms with van der Waals surface area (Å²) >= 11 is 6.35. The van der Waals surface area contributed by atoms with Gasteiger partial charge in [-0.05, 0) is 67.0 Å². The number of carbonyl (C=O) groups excluding carboxylic acids is 2. The van der Waals surface area contributed by atoms with E-state index < -0.39 is 24.3 Å². The highest BCUT2D eigenvalue weighted by molar-refractivity contribution is 6.32. The summed E-state index contributed by atoms with van der Waals surface area (Å²) in [5.41, 5.74) is 4.45. The topological polar surface area (TPSA) is 187 Å². The number of aryl methyl sites for hydroxylation is 2. The number of hydrogen-bond acceptors (Lipinski definition) is 9. The Morgan fingerprint density at radius 1 is 0.920 bits per heavy atom. The van der Waals surface area contributed by atoms with Crippen LogP contribution in [0.25, 0.3) is 0 Å². The van der Waals surface area contributed by atoms with E-state index in [0.29, 0.717) is 42.7 Å². The van der Waals surface area contributed by atoms with E-state index in [-0.39, 0.29) is 17.7 Å². The van der Waals surface area contributed by atoms with E-state index in [1.54, 1.807) is 19.3 Å². The lowest BCUT2D eigenvalue weighted by atomic mass is 9.93. The maximum absolute atomic E-state index is 12.9. The SMILES string of the molecule is CC(=O)N1CCC(CC(=O)Nc2ccc3cc2CCc2cncc(c2)Nc2ncc(Cl)c(n2)N3)CC1.O=C(O)C(F)(F)F.O=C(O)C(F)(F)F. The van der Waals surface area contributed by atoms with Gasteiger partial charge >= 0.3 is 24.3 Å². The van der Waals surface area contributed by atoms with Crippen LogP contribution in [0.15, 0.2) is 42.9 Å². The average molecular weight is 734 g/mol. The van der Waals surface area contributed by atoms with E-state index in [1.165, 1.54) is 0 Å². The third-order valence-electron chi connectivity index (χ3n) is 7.14. The predicted molar refractivity (Wildman–Crippen MR) is 167 cm³/mol. The molecule has 13 nitrogen and oxygen atoms in total. The molecule has 6 bridgehead atoms. The molecule has 0 saturated carbocycles. The number of carboxylic acids is 2. The lowest BCUT2D eigenvalue weighted by Crippen LogP contribution is -2.37. The number of hydrogen-bond donors (Lipinski definition) is 5. The summed E-state index contributed by atoms with van der Waals surface area (Å²) in [5, 5.41) is 24.2.